The number of hydrogen-bond donors (Lipinski definition) is 2. The Balaban J connectivity index is 0.000000697. The Morgan fingerprint density at radius 1 is 1.12 bits per heavy atom. The second kappa shape index (κ2) is 10.3. The topological polar surface area (TPSA) is 101 Å². The van der Waals surface area contributed by atoms with Gasteiger partial charge in [0.15, 0.2) is 0 Å². The molecule has 0 aliphatic carbocycles. The van der Waals surface area contributed by atoms with Gasteiger partial charge < -0.3 is 14.9 Å². The first-order valence-corrected chi connectivity index (χ1v) is 7.18. The highest BCUT2D eigenvalue weighted by Crippen LogP contribution is 2.15. The zero-order valence-corrected chi connectivity index (χ0v) is 13.7. The third kappa shape index (κ3) is 9.33. The van der Waals surface area contributed by atoms with Gasteiger partial charge in [-0.05, 0) is 49.4 Å². The lowest BCUT2D eigenvalue weighted by Crippen LogP contribution is -2.21. The highest BCUT2D eigenvalue weighted by molar-refractivity contribution is 5.87. The quantitative estimate of drug-likeness (QED) is 0.594. The van der Waals surface area contributed by atoms with Crippen molar-refractivity contribution in [3.05, 3.63) is 34.9 Å². The minimum absolute atomic E-state index is 0.187. The number of methoxy groups -OCH3 is 1. The number of halogens is 3. The molecule has 0 radical (unpaired) electrons. The van der Waals surface area contributed by atoms with Gasteiger partial charge in [0.25, 0.3) is 0 Å². The number of carbonyl (C=O) groups is 3. The molecule has 140 valence electrons. The highest BCUT2D eigenvalue weighted by Gasteiger charge is 2.38. The third-order valence-electron chi connectivity index (χ3n) is 3.14. The standard InChI is InChI=1S/C14H18O4.C2HF3O2/c1-10-9-12(14(16)17)8-7-11(10)5-3-4-6-13(15)18-2;3-2(4,5)1(6)7/h7-9H,3-6H2,1-2H3,(H,16,17);(H,6,7). The molecule has 1 aromatic carbocycles. The number of unbranched alkanes of at least 4 members (excludes halogenated alkanes) is 1. The van der Waals surface area contributed by atoms with Crippen LogP contribution < -0.4 is 0 Å². The number of alkyl halides is 3. The number of rotatable bonds is 6. The van der Waals surface area contributed by atoms with E-state index in [1.807, 2.05) is 13.0 Å². The summed E-state index contributed by atoms with van der Waals surface area (Å²) in [7, 11) is 1.39. The fourth-order valence-electron chi connectivity index (χ4n) is 1.80. The van der Waals surface area contributed by atoms with Crippen molar-refractivity contribution in [2.75, 3.05) is 7.11 Å². The smallest absolute Gasteiger partial charge is 0.478 e. The Bertz CT molecular complexity index is 610. The normalized spacial score (nSPS) is 10.4. The molecule has 0 aliphatic rings. The van der Waals surface area contributed by atoms with Crippen LogP contribution in [-0.4, -0.2) is 41.4 Å². The van der Waals surface area contributed by atoms with Crippen LogP contribution in [0.1, 0.15) is 40.7 Å². The Kier molecular flexibility index (Phi) is 9.25. The molecule has 0 saturated carbocycles. The summed E-state index contributed by atoms with van der Waals surface area (Å²) in [5, 5.41) is 16.0. The van der Waals surface area contributed by atoms with E-state index in [2.05, 4.69) is 4.74 Å². The molecule has 25 heavy (non-hydrogen) atoms. The molecule has 0 atom stereocenters. The van der Waals surface area contributed by atoms with Gasteiger partial charge in [0.2, 0.25) is 0 Å². The summed E-state index contributed by atoms with van der Waals surface area (Å²) in [6.07, 6.45) is -2.12. The number of carbonyl (C=O) groups excluding carboxylic acids is 1. The molecular formula is C16H19F3O6. The van der Waals surface area contributed by atoms with Gasteiger partial charge in [-0.3, -0.25) is 4.79 Å². The van der Waals surface area contributed by atoms with E-state index < -0.39 is 18.1 Å². The van der Waals surface area contributed by atoms with Crippen LogP contribution in [0.5, 0.6) is 0 Å². The van der Waals surface area contributed by atoms with Crippen LogP contribution in [-0.2, 0) is 20.7 Å². The van der Waals surface area contributed by atoms with Crippen molar-refractivity contribution in [1.82, 2.24) is 0 Å². The molecule has 0 unspecified atom stereocenters. The predicted octanol–water partition coefficient (Wildman–Crippen LogP) is 3.21. The van der Waals surface area contributed by atoms with Crippen LogP contribution in [0, 0.1) is 6.92 Å². The third-order valence-corrected chi connectivity index (χ3v) is 3.14. The monoisotopic (exact) mass is 364 g/mol. The van der Waals surface area contributed by atoms with Crippen molar-refractivity contribution in [2.45, 2.75) is 38.8 Å². The molecule has 0 spiro atoms. The number of esters is 1. The van der Waals surface area contributed by atoms with E-state index in [1.54, 1.807) is 12.1 Å². The first kappa shape index (κ1) is 22.4. The maximum Gasteiger partial charge on any atom is 0.490 e. The molecule has 0 fully saturated rings. The lowest BCUT2D eigenvalue weighted by atomic mass is 10.00. The van der Waals surface area contributed by atoms with Gasteiger partial charge in [0.1, 0.15) is 0 Å². The summed E-state index contributed by atoms with van der Waals surface area (Å²) in [6, 6.07) is 5.14. The number of hydrogen-bond acceptors (Lipinski definition) is 4. The zero-order chi connectivity index (χ0) is 19.6. The fraction of sp³-hybridized carbons (Fsp3) is 0.438. The molecule has 0 heterocycles. The van der Waals surface area contributed by atoms with E-state index in [1.165, 1.54) is 7.11 Å². The lowest BCUT2D eigenvalue weighted by molar-refractivity contribution is -0.192. The summed E-state index contributed by atoms with van der Waals surface area (Å²) in [4.78, 5) is 30.6. The Morgan fingerprint density at radius 3 is 2.08 bits per heavy atom. The number of carboxylic acid groups (broad SMARTS) is 2. The van der Waals surface area contributed by atoms with Crippen molar-refractivity contribution in [1.29, 1.82) is 0 Å². The molecule has 0 amide bonds. The van der Waals surface area contributed by atoms with Gasteiger partial charge in [-0.15, -0.1) is 0 Å². The van der Waals surface area contributed by atoms with Crippen LogP contribution in [0.4, 0.5) is 13.2 Å². The van der Waals surface area contributed by atoms with E-state index in [4.69, 9.17) is 15.0 Å². The number of ether oxygens (including phenoxy) is 1. The molecule has 0 saturated heterocycles. The SMILES string of the molecule is COC(=O)CCCCc1ccc(C(=O)O)cc1C.O=C(O)C(F)(F)F. The Morgan fingerprint density at radius 2 is 1.68 bits per heavy atom. The number of aromatic carboxylic acids is 1. The van der Waals surface area contributed by atoms with Gasteiger partial charge >= 0.3 is 24.1 Å². The number of aryl methyl sites for hydroxylation is 2. The van der Waals surface area contributed by atoms with Crippen LogP contribution in [0.25, 0.3) is 0 Å². The fourth-order valence-corrected chi connectivity index (χ4v) is 1.80. The van der Waals surface area contributed by atoms with E-state index in [9.17, 15) is 22.8 Å². The molecule has 1 aromatic rings. The average molecular weight is 364 g/mol. The van der Waals surface area contributed by atoms with Crippen LogP contribution in [0.15, 0.2) is 18.2 Å². The number of benzene rings is 1. The second-order valence-electron chi connectivity index (χ2n) is 5.03. The van der Waals surface area contributed by atoms with Crippen molar-refractivity contribution in [3.8, 4) is 0 Å². The molecule has 9 heteroatoms. The van der Waals surface area contributed by atoms with Gasteiger partial charge in [0.05, 0.1) is 12.7 Å². The van der Waals surface area contributed by atoms with E-state index in [0.29, 0.717) is 12.0 Å². The van der Waals surface area contributed by atoms with E-state index in [-0.39, 0.29) is 5.97 Å². The summed E-state index contributed by atoms with van der Waals surface area (Å²) in [6.45, 7) is 1.90. The van der Waals surface area contributed by atoms with Gasteiger partial charge in [-0.25, -0.2) is 9.59 Å². The van der Waals surface area contributed by atoms with Crippen LogP contribution in [0.2, 0.25) is 0 Å². The van der Waals surface area contributed by atoms with Gasteiger partial charge in [-0.1, -0.05) is 6.07 Å². The molecule has 6 nitrogen and oxygen atoms in total. The number of aliphatic carboxylic acids is 1. The Labute approximate surface area is 142 Å². The van der Waals surface area contributed by atoms with Gasteiger partial charge in [-0.2, -0.15) is 13.2 Å². The van der Waals surface area contributed by atoms with Crippen molar-refractivity contribution < 1.29 is 42.5 Å². The minimum Gasteiger partial charge on any atom is -0.478 e. The molecule has 0 aromatic heterocycles. The zero-order valence-electron chi connectivity index (χ0n) is 13.7. The molecule has 0 aliphatic heterocycles. The number of carboxylic acids is 2. The Hall–Kier alpha value is -2.58. The molecule has 1 rings (SSSR count). The van der Waals surface area contributed by atoms with Gasteiger partial charge in [0, 0.05) is 6.42 Å². The lowest BCUT2D eigenvalue weighted by Gasteiger charge is -2.06. The predicted molar refractivity (Wildman–Crippen MR) is 81.4 cm³/mol. The second-order valence-corrected chi connectivity index (χ2v) is 5.03. The average Bonchev–Trinajstić information content (AvgIpc) is 2.51. The maximum atomic E-state index is 10.9. The van der Waals surface area contributed by atoms with Crippen LogP contribution >= 0.6 is 0 Å². The van der Waals surface area contributed by atoms with Crippen molar-refractivity contribution >= 4 is 17.9 Å². The maximum absolute atomic E-state index is 10.9. The summed E-state index contributed by atoms with van der Waals surface area (Å²) in [5.74, 6) is -3.85. The van der Waals surface area contributed by atoms with E-state index >= 15 is 0 Å². The largest absolute Gasteiger partial charge is 0.490 e. The molecule has 2 N–H and O–H groups in total. The summed E-state index contributed by atoms with van der Waals surface area (Å²) < 4.78 is 36.3. The molecular weight excluding hydrogens is 345 g/mol. The van der Waals surface area contributed by atoms with E-state index in [0.717, 1.165) is 30.4 Å². The minimum atomic E-state index is -5.08. The molecule has 0 bridgehead atoms. The summed E-state index contributed by atoms with van der Waals surface area (Å²) >= 11 is 0. The first-order valence-electron chi connectivity index (χ1n) is 7.18. The first-order chi connectivity index (χ1) is 11.5. The van der Waals surface area contributed by atoms with Crippen molar-refractivity contribution in [3.63, 3.8) is 0 Å². The summed E-state index contributed by atoms with van der Waals surface area (Å²) in [5.41, 5.74) is 2.42. The van der Waals surface area contributed by atoms with Crippen molar-refractivity contribution in [2.24, 2.45) is 0 Å². The highest BCUT2D eigenvalue weighted by atomic mass is 19.4. The van der Waals surface area contributed by atoms with Crippen LogP contribution in [0.3, 0.4) is 0 Å².